The van der Waals surface area contributed by atoms with Gasteiger partial charge >= 0.3 is 0 Å². The summed E-state index contributed by atoms with van der Waals surface area (Å²) in [4.78, 5) is 22.9. The summed E-state index contributed by atoms with van der Waals surface area (Å²) in [5.74, 6) is 3.88. The average molecular weight is 509 g/mol. The molecule has 0 radical (unpaired) electrons. The zero-order chi connectivity index (χ0) is 25.0. The number of fused-ring (bicyclic) bond motifs is 3. The maximum Gasteiger partial charge on any atom is 0.226 e. The van der Waals surface area contributed by atoms with Gasteiger partial charge in [-0.05, 0) is 48.9 Å². The fourth-order valence-corrected chi connectivity index (χ4v) is 6.33. The normalized spacial score (nSPS) is 24.1. The van der Waals surface area contributed by atoms with Crippen LogP contribution in [-0.2, 0) is 5.41 Å². The number of aromatic nitrogens is 4. The van der Waals surface area contributed by atoms with Gasteiger partial charge in [0.15, 0.2) is 0 Å². The van der Waals surface area contributed by atoms with Crippen LogP contribution in [0.2, 0.25) is 5.15 Å². The molecule has 10 heteroatoms. The van der Waals surface area contributed by atoms with E-state index in [1.807, 2.05) is 25.2 Å². The highest BCUT2D eigenvalue weighted by Crippen LogP contribution is 2.47. The molecular weight excluding hydrogens is 479 g/mol. The summed E-state index contributed by atoms with van der Waals surface area (Å²) >= 11 is 6.11. The van der Waals surface area contributed by atoms with E-state index in [9.17, 15) is 4.39 Å². The van der Waals surface area contributed by atoms with Gasteiger partial charge in [-0.15, -0.1) is 0 Å². The molecule has 2 fully saturated rings. The van der Waals surface area contributed by atoms with Crippen LogP contribution in [0.1, 0.15) is 32.3 Å². The third-order valence-electron chi connectivity index (χ3n) is 7.82. The Balaban J connectivity index is 1.29. The molecule has 36 heavy (non-hydrogen) atoms. The third kappa shape index (κ3) is 3.99. The molecule has 0 amide bonds. The van der Waals surface area contributed by atoms with Crippen LogP contribution < -0.4 is 20.4 Å². The number of benzene rings is 1. The van der Waals surface area contributed by atoms with E-state index in [2.05, 4.69) is 44.2 Å². The standard InChI is InChI=1S/C26H30ClFN8/c1-26(2)13-36(18-8-6-17(28)7-9-18)24-21(26)23(29-3)33-25(34-24)32-22-15-4-5-16(22)12-35(11-15)20-10-19(27)30-14-31-20/h6-10,14-16,22H,4-5,11-13H2,1-3H3,(H2,29,32,33,34)/t15-,16+,22?. The number of hydrogen-bond donors (Lipinski definition) is 2. The van der Waals surface area contributed by atoms with Gasteiger partial charge in [-0.2, -0.15) is 9.97 Å². The molecule has 3 atom stereocenters. The number of anilines is 5. The predicted molar refractivity (Wildman–Crippen MR) is 141 cm³/mol. The first-order chi connectivity index (χ1) is 17.3. The Morgan fingerprint density at radius 3 is 2.44 bits per heavy atom. The van der Waals surface area contributed by atoms with Crippen LogP contribution in [0, 0.1) is 17.7 Å². The van der Waals surface area contributed by atoms with E-state index in [-0.39, 0.29) is 17.3 Å². The first-order valence-electron chi connectivity index (χ1n) is 12.4. The van der Waals surface area contributed by atoms with Crippen LogP contribution in [0.3, 0.4) is 0 Å². The maximum atomic E-state index is 13.6. The Labute approximate surface area is 215 Å². The lowest BCUT2D eigenvalue weighted by Gasteiger charge is -2.39. The Hall–Kier alpha value is -3.20. The quantitative estimate of drug-likeness (QED) is 0.473. The van der Waals surface area contributed by atoms with Gasteiger partial charge in [-0.25, -0.2) is 14.4 Å². The molecule has 6 rings (SSSR count). The number of piperidine rings is 1. The van der Waals surface area contributed by atoms with Crippen molar-refractivity contribution in [3.8, 4) is 0 Å². The zero-order valence-corrected chi connectivity index (χ0v) is 21.4. The van der Waals surface area contributed by atoms with E-state index >= 15 is 0 Å². The van der Waals surface area contributed by atoms with Crippen molar-refractivity contribution in [2.75, 3.05) is 47.1 Å². The molecule has 2 aromatic heterocycles. The van der Waals surface area contributed by atoms with Crippen molar-refractivity contribution >= 4 is 40.7 Å². The van der Waals surface area contributed by atoms with E-state index in [4.69, 9.17) is 21.6 Å². The predicted octanol–water partition coefficient (Wildman–Crippen LogP) is 4.86. The van der Waals surface area contributed by atoms with Gasteiger partial charge in [0.05, 0.1) is 0 Å². The lowest BCUT2D eigenvalue weighted by atomic mass is 9.88. The van der Waals surface area contributed by atoms with Crippen molar-refractivity contribution in [2.45, 2.75) is 38.1 Å². The largest absolute Gasteiger partial charge is 0.373 e. The molecule has 3 aromatic rings. The van der Waals surface area contributed by atoms with Crippen molar-refractivity contribution in [1.82, 2.24) is 19.9 Å². The number of nitrogens with one attached hydrogen (secondary N) is 2. The summed E-state index contributed by atoms with van der Waals surface area (Å²) in [6.45, 7) is 6.94. The minimum Gasteiger partial charge on any atom is -0.373 e. The smallest absolute Gasteiger partial charge is 0.226 e. The highest BCUT2D eigenvalue weighted by atomic mass is 35.5. The van der Waals surface area contributed by atoms with Gasteiger partial charge < -0.3 is 20.4 Å². The molecule has 1 aromatic carbocycles. The van der Waals surface area contributed by atoms with E-state index in [1.54, 1.807) is 0 Å². The third-order valence-corrected chi connectivity index (χ3v) is 8.03. The van der Waals surface area contributed by atoms with Crippen LogP contribution in [0.4, 0.5) is 33.5 Å². The van der Waals surface area contributed by atoms with Crippen LogP contribution in [0.5, 0.6) is 0 Å². The van der Waals surface area contributed by atoms with E-state index in [0.717, 1.165) is 61.2 Å². The molecule has 1 saturated carbocycles. The summed E-state index contributed by atoms with van der Waals surface area (Å²) in [6.07, 6.45) is 3.82. The Morgan fingerprint density at radius 2 is 1.78 bits per heavy atom. The lowest BCUT2D eigenvalue weighted by molar-refractivity contribution is 0.375. The monoisotopic (exact) mass is 508 g/mol. The molecule has 0 spiro atoms. The first kappa shape index (κ1) is 23.2. The second-order valence-corrected chi connectivity index (χ2v) is 11.0. The number of hydrogen-bond acceptors (Lipinski definition) is 8. The molecule has 1 saturated heterocycles. The van der Waals surface area contributed by atoms with Crippen molar-refractivity contribution in [3.63, 3.8) is 0 Å². The molecule has 2 aliphatic heterocycles. The number of nitrogens with zero attached hydrogens (tertiary/aromatic N) is 6. The molecule has 1 aliphatic carbocycles. The fourth-order valence-electron chi connectivity index (χ4n) is 6.19. The van der Waals surface area contributed by atoms with Gasteiger partial charge in [0.25, 0.3) is 0 Å². The van der Waals surface area contributed by atoms with Gasteiger partial charge in [0.1, 0.15) is 34.8 Å². The zero-order valence-electron chi connectivity index (χ0n) is 20.7. The molecular formula is C26H30ClFN8. The van der Waals surface area contributed by atoms with Crippen LogP contribution >= 0.6 is 11.6 Å². The topological polar surface area (TPSA) is 82.1 Å². The van der Waals surface area contributed by atoms with Gasteiger partial charge in [0, 0.05) is 55.5 Å². The lowest BCUT2D eigenvalue weighted by Crippen LogP contribution is -2.48. The molecule has 2 N–H and O–H groups in total. The first-order valence-corrected chi connectivity index (χ1v) is 12.8. The molecule has 3 aliphatic rings. The van der Waals surface area contributed by atoms with Crippen molar-refractivity contribution in [3.05, 3.63) is 53.2 Å². The minimum atomic E-state index is -0.246. The maximum absolute atomic E-state index is 13.6. The van der Waals surface area contributed by atoms with Crippen LogP contribution in [0.15, 0.2) is 36.7 Å². The molecule has 188 valence electrons. The summed E-state index contributed by atoms with van der Waals surface area (Å²) < 4.78 is 13.6. The summed E-state index contributed by atoms with van der Waals surface area (Å²) in [5.41, 5.74) is 1.84. The van der Waals surface area contributed by atoms with Gasteiger partial charge in [0.2, 0.25) is 5.95 Å². The SMILES string of the molecule is CNc1nc(NC2[C@@H]3CC[C@H]2CN(c2cc(Cl)ncn2)C3)nc2c1C(C)(C)CN2c1ccc(F)cc1. The highest BCUT2D eigenvalue weighted by Gasteiger charge is 2.44. The average Bonchev–Trinajstić information content (AvgIpc) is 3.25. The summed E-state index contributed by atoms with van der Waals surface area (Å²) in [7, 11) is 1.90. The van der Waals surface area contributed by atoms with Crippen molar-refractivity contribution in [2.24, 2.45) is 11.8 Å². The van der Waals surface area contributed by atoms with Crippen LogP contribution in [-0.4, -0.2) is 52.7 Å². The summed E-state index contributed by atoms with van der Waals surface area (Å²) in [6, 6.07) is 8.73. The fraction of sp³-hybridized carbons (Fsp3) is 0.462. The Kier molecular flexibility index (Phi) is 5.63. The van der Waals surface area contributed by atoms with E-state index in [0.29, 0.717) is 22.9 Å². The van der Waals surface area contributed by atoms with Crippen molar-refractivity contribution in [1.29, 1.82) is 0 Å². The number of rotatable bonds is 5. The van der Waals surface area contributed by atoms with E-state index in [1.165, 1.54) is 18.5 Å². The highest BCUT2D eigenvalue weighted by molar-refractivity contribution is 6.29. The number of halogens is 2. The molecule has 2 bridgehead atoms. The minimum absolute atomic E-state index is 0.163. The summed E-state index contributed by atoms with van der Waals surface area (Å²) in [5, 5.41) is 7.47. The van der Waals surface area contributed by atoms with Gasteiger partial charge in [-0.3, -0.25) is 0 Å². The second-order valence-electron chi connectivity index (χ2n) is 10.7. The second kappa shape index (κ2) is 8.73. The molecule has 8 nitrogen and oxygen atoms in total. The van der Waals surface area contributed by atoms with Crippen molar-refractivity contribution < 1.29 is 4.39 Å². The Bertz CT molecular complexity index is 1270. The molecule has 1 unspecified atom stereocenters. The van der Waals surface area contributed by atoms with Gasteiger partial charge in [-0.1, -0.05) is 25.4 Å². The Morgan fingerprint density at radius 1 is 1.06 bits per heavy atom. The van der Waals surface area contributed by atoms with E-state index < -0.39 is 0 Å². The van der Waals surface area contributed by atoms with Crippen LogP contribution in [0.25, 0.3) is 0 Å². The molecule has 4 heterocycles.